The predicted octanol–water partition coefficient (Wildman–Crippen LogP) is 2.75. The molecule has 6 nitrogen and oxygen atoms in total. The zero-order chi connectivity index (χ0) is 18.4. The standard InChI is InChI=1S/C19H23ClN4O2/c1-24(19(25)10-14-4-2-3-5-16(14)20)8-7-21-18-11-17(22-13-23-18)15-6-9-26-12-15/h2-5,11,13,15H,6-10,12H2,1H3,(H,21,22,23). The largest absolute Gasteiger partial charge is 0.381 e. The van der Waals surface area contributed by atoms with E-state index in [2.05, 4.69) is 15.3 Å². The minimum absolute atomic E-state index is 0.0337. The second-order valence-corrected chi connectivity index (χ2v) is 6.81. The number of carbonyl (C=O) groups excluding carboxylic acids is 1. The summed E-state index contributed by atoms with van der Waals surface area (Å²) >= 11 is 6.12. The summed E-state index contributed by atoms with van der Waals surface area (Å²) in [6.45, 7) is 2.70. The fourth-order valence-electron chi connectivity index (χ4n) is 2.88. The molecule has 26 heavy (non-hydrogen) atoms. The lowest BCUT2D eigenvalue weighted by atomic mass is 10.1. The monoisotopic (exact) mass is 374 g/mol. The maximum absolute atomic E-state index is 12.3. The first-order chi connectivity index (χ1) is 12.6. The summed E-state index contributed by atoms with van der Waals surface area (Å²) in [7, 11) is 1.79. The van der Waals surface area contributed by atoms with Crippen molar-refractivity contribution in [1.29, 1.82) is 0 Å². The Bertz CT molecular complexity index is 750. The van der Waals surface area contributed by atoms with Gasteiger partial charge in [-0.3, -0.25) is 4.79 Å². The molecule has 1 aromatic carbocycles. The highest BCUT2D eigenvalue weighted by Crippen LogP contribution is 2.24. The lowest BCUT2D eigenvalue weighted by Crippen LogP contribution is -2.32. The number of likely N-dealkylation sites (N-methyl/N-ethyl adjacent to an activating group) is 1. The summed E-state index contributed by atoms with van der Waals surface area (Å²) in [6, 6.07) is 9.38. The first-order valence-electron chi connectivity index (χ1n) is 8.74. The number of hydrogen-bond donors (Lipinski definition) is 1. The molecule has 3 rings (SSSR count). The highest BCUT2D eigenvalue weighted by atomic mass is 35.5. The third kappa shape index (κ3) is 4.93. The van der Waals surface area contributed by atoms with Gasteiger partial charge in [0.15, 0.2) is 0 Å². The zero-order valence-electron chi connectivity index (χ0n) is 14.8. The van der Waals surface area contributed by atoms with Crippen molar-refractivity contribution in [3.05, 3.63) is 52.9 Å². The quantitative estimate of drug-likeness (QED) is 0.807. The Morgan fingerprint density at radius 2 is 2.23 bits per heavy atom. The van der Waals surface area contributed by atoms with Crippen molar-refractivity contribution < 1.29 is 9.53 Å². The molecule has 0 saturated carbocycles. The summed E-state index contributed by atoms with van der Waals surface area (Å²) in [5.41, 5.74) is 1.85. The summed E-state index contributed by atoms with van der Waals surface area (Å²) in [6.07, 6.45) is 2.87. The van der Waals surface area contributed by atoms with E-state index in [1.807, 2.05) is 24.3 Å². The number of aromatic nitrogens is 2. The van der Waals surface area contributed by atoms with Crippen LogP contribution in [0, 0.1) is 0 Å². The summed E-state index contributed by atoms with van der Waals surface area (Å²) in [5, 5.41) is 3.88. The molecule has 2 heterocycles. The maximum Gasteiger partial charge on any atom is 0.226 e. The normalized spacial score (nSPS) is 16.5. The van der Waals surface area contributed by atoms with Crippen LogP contribution in [0.4, 0.5) is 5.82 Å². The van der Waals surface area contributed by atoms with Crippen LogP contribution in [-0.4, -0.2) is 54.1 Å². The van der Waals surface area contributed by atoms with Crippen LogP contribution in [0.3, 0.4) is 0 Å². The van der Waals surface area contributed by atoms with Gasteiger partial charge >= 0.3 is 0 Å². The third-order valence-electron chi connectivity index (χ3n) is 4.51. The number of nitrogens with one attached hydrogen (secondary N) is 1. The molecule has 1 atom stereocenters. The van der Waals surface area contributed by atoms with Gasteiger partial charge in [0.05, 0.1) is 18.7 Å². The molecule has 1 amide bonds. The highest BCUT2D eigenvalue weighted by Gasteiger charge is 2.19. The molecule has 0 spiro atoms. The van der Waals surface area contributed by atoms with E-state index in [4.69, 9.17) is 16.3 Å². The van der Waals surface area contributed by atoms with E-state index in [-0.39, 0.29) is 5.91 Å². The predicted molar refractivity (Wildman–Crippen MR) is 101 cm³/mol. The van der Waals surface area contributed by atoms with Crippen LogP contribution in [0.15, 0.2) is 36.7 Å². The topological polar surface area (TPSA) is 67.3 Å². The second-order valence-electron chi connectivity index (χ2n) is 6.40. The van der Waals surface area contributed by atoms with Crippen LogP contribution in [0.5, 0.6) is 0 Å². The maximum atomic E-state index is 12.3. The van der Waals surface area contributed by atoms with E-state index in [1.54, 1.807) is 24.3 Å². The number of benzene rings is 1. The lowest BCUT2D eigenvalue weighted by Gasteiger charge is -2.18. The Balaban J connectivity index is 1.47. The highest BCUT2D eigenvalue weighted by molar-refractivity contribution is 6.31. The third-order valence-corrected chi connectivity index (χ3v) is 4.88. The number of rotatable bonds is 7. The van der Waals surface area contributed by atoms with Gasteiger partial charge in [0.25, 0.3) is 0 Å². The van der Waals surface area contributed by atoms with Crippen molar-refractivity contribution in [3.63, 3.8) is 0 Å². The molecule has 7 heteroatoms. The molecule has 138 valence electrons. The van der Waals surface area contributed by atoms with Gasteiger partial charge in [-0.25, -0.2) is 9.97 Å². The smallest absolute Gasteiger partial charge is 0.226 e. The fourth-order valence-corrected chi connectivity index (χ4v) is 3.08. The van der Waals surface area contributed by atoms with Gasteiger partial charge in [-0.15, -0.1) is 0 Å². The Morgan fingerprint density at radius 1 is 1.38 bits per heavy atom. The molecule has 1 saturated heterocycles. The molecule has 0 aliphatic carbocycles. The van der Waals surface area contributed by atoms with E-state index in [0.717, 1.165) is 36.7 Å². The van der Waals surface area contributed by atoms with Crippen molar-refractivity contribution in [1.82, 2.24) is 14.9 Å². The zero-order valence-corrected chi connectivity index (χ0v) is 15.6. The molecular formula is C19H23ClN4O2. The SMILES string of the molecule is CN(CCNc1cc(C2CCOC2)ncn1)C(=O)Cc1ccccc1Cl. The molecule has 0 radical (unpaired) electrons. The molecule has 1 N–H and O–H groups in total. The minimum Gasteiger partial charge on any atom is -0.381 e. The molecule has 1 fully saturated rings. The first kappa shape index (κ1) is 18.6. The molecule has 0 bridgehead atoms. The second kappa shape index (κ2) is 8.96. The van der Waals surface area contributed by atoms with Crippen LogP contribution in [-0.2, 0) is 16.0 Å². The van der Waals surface area contributed by atoms with Gasteiger partial charge in [0.2, 0.25) is 5.91 Å². The molecular weight excluding hydrogens is 352 g/mol. The average molecular weight is 375 g/mol. The van der Waals surface area contributed by atoms with E-state index in [0.29, 0.717) is 30.5 Å². The number of carbonyl (C=O) groups is 1. The summed E-state index contributed by atoms with van der Waals surface area (Å²) in [4.78, 5) is 22.6. The van der Waals surface area contributed by atoms with E-state index >= 15 is 0 Å². The van der Waals surface area contributed by atoms with E-state index < -0.39 is 0 Å². The van der Waals surface area contributed by atoms with Gasteiger partial charge in [0, 0.05) is 43.8 Å². The average Bonchev–Trinajstić information content (AvgIpc) is 3.18. The Kier molecular flexibility index (Phi) is 6.41. The van der Waals surface area contributed by atoms with Gasteiger partial charge < -0.3 is 15.0 Å². The number of ether oxygens (including phenoxy) is 1. The van der Waals surface area contributed by atoms with Crippen LogP contribution >= 0.6 is 11.6 Å². The molecule has 2 aromatic rings. The van der Waals surface area contributed by atoms with Crippen LogP contribution < -0.4 is 5.32 Å². The number of anilines is 1. The molecule has 1 aliphatic rings. The molecule has 1 aliphatic heterocycles. The van der Waals surface area contributed by atoms with Gasteiger partial charge in [-0.05, 0) is 18.1 Å². The van der Waals surface area contributed by atoms with Crippen LogP contribution in [0.25, 0.3) is 0 Å². The van der Waals surface area contributed by atoms with Gasteiger partial charge in [-0.2, -0.15) is 0 Å². The van der Waals surface area contributed by atoms with E-state index in [9.17, 15) is 4.79 Å². The number of hydrogen-bond acceptors (Lipinski definition) is 5. The lowest BCUT2D eigenvalue weighted by molar-refractivity contribution is -0.129. The van der Waals surface area contributed by atoms with Gasteiger partial charge in [-0.1, -0.05) is 29.8 Å². The Hall–Kier alpha value is -2.18. The summed E-state index contributed by atoms with van der Waals surface area (Å²) in [5.74, 6) is 1.15. The molecule has 1 unspecified atom stereocenters. The number of amides is 1. The van der Waals surface area contributed by atoms with Crippen molar-refractivity contribution in [2.75, 3.05) is 38.7 Å². The first-order valence-corrected chi connectivity index (χ1v) is 9.12. The number of halogens is 1. The van der Waals surface area contributed by atoms with Crippen molar-refractivity contribution >= 4 is 23.3 Å². The van der Waals surface area contributed by atoms with Gasteiger partial charge in [0.1, 0.15) is 12.1 Å². The minimum atomic E-state index is 0.0337. The van der Waals surface area contributed by atoms with Crippen molar-refractivity contribution in [2.45, 2.75) is 18.8 Å². The van der Waals surface area contributed by atoms with Crippen LogP contribution in [0.2, 0.25) is 5.02 Å². The summed E-state index contributed by atoms with van der Waals surface area (Å²) < 4.78 is 5.41. The van der Waals surface area contributed by atoms with Crippen LogP contribution in [0.1, 0.15) is 23.6 Å². The van der Waals surface area contributed by atoms with E-state index in [1.165, 1.54) is 0 Å². The molecule has 1 aromatic heterocycles. The Morgan fingerprint density at radius 3 is 3.00 bits per heavy atom. The number of nitrogens with zero attached hydrogens (tertiary/aromatic N) is 3. The Labute approximate surface area is 158 Å². The van der Waals surface area contributed by atoms with Crippen molar-refractivity contribution in [2.24, 2.45) is 0 Å². The van der Waals surface area contributed by atoms with Crippen molar-refractivity contribution in [3.8, 4) is 0 Å². The fraction of sp³-hybridized carbons (Fsp3) is 0.421.